The van der Waals surface area contributed by atoms with E-state index in [4.69, 9.17) is 0 Å². The van der Waals surface area contributed by atoms with Crippen molar-refractivity contribution >= 4 is 5.91 Å². The molecule has 0 saturated carbocycles. The van der Waals surface area contributed by atoms with Crippen LogP contribution in [-0.2, 0) is 0 Å². The van der Waals surface area contributed by atoms with Gasteiger partial charge in [-0.2, -0.15) is 0 Å². The molecular weight excluding hydrogens is 226 g/mol. The van der Waals surface area contributed by atoms with Gasteiger partial charge in [-0.05, 0) is 37.9 Å². The van der Waals surface area contributed by atoms with Crippen molar-refractivity contribution in [1.82, 2.24) is 14.8 Å². The van der Waals surface area contributed by atoms with Crippen molar-refractivity contribution in [3.05, 3.63) is 29.6 Å². The summed E-state index contributed by atoms with van der Waals surface area (Å²) >= 11 is 0. The zero-order chi connectivity index (χ0) is 12.7. The Morgan fingerprint density at radius 2 is 1.94 bits per heavy atom. The molecule has 2 fully saturated rings. The van der Waals surface area contributed by atoms with E-state index >= 15 is 0 Å². The molecule has 0 aliphatic carbocycles. The zero-order valence-electron chi connectivity index (χ0n) is 11.0. The van der Waals surface area contributed by atoms with Crippen LogP contribution in [0, 0.1) is 18.8 Å². The average molecular weight is 245 g/mol. The van der Waals surface area contributed by atoms with Gasteiger partial charge in [0.05, 0.1) is 0 Å². The van der Waals surface area contributed by atoms with Gasteiger partial charge in [0.2, 0.25) is 0 Å². The van der Waals surface area contributed by atoms with Gasteiger partial charge in [-0.3, -0.25) is 9.78 Å². The maximum absolute atomic E-state index is 12.4. The van der Waals surface area contributed by atoms with Crippen molar-refractivity contribution < 1.29 is 4.79 Å². The molecule has 0 spiro atoms. The lowest BCUT2D eigenvalue weighted by molar-refractivity contribution is 0.0775. The summed E-state index contributed by atoms with van der Waals surface area (Å²) in [7, 11) is 2.16. The minimum atomic E-state index is 0.164. The molecule has 2 aliphatic heterocycles. The standard InChI is InChI=1S/C14H19N3O/c1-10-5-11(3-4-15-10)14(18)17-8-12-6-16(2)7-13(12)9-17/h3-5,12-13H,6-9H2,1-2H3. The zero-order valence-corrected chi connectivity index (χ0v) is 11.0. The highest BCUT2D eigenvalue weighted by Gasteiger charge is 2.40. The second kappa shape index (κ2) is 4.35. The Balaban J connectivity index is 1.72. The highest BCUT2D eigenvalue weighted by Crippen LogP contribution is 2.30. The third-order valence-electron chi connectivity index (χ3n) is 4.10. The molecule has 2 aliphatic rings. The highest BCUT2D eigenvalue weighted by atomic mass is 16.2. The van der Waals surface area contributed by atoms with Crippen molar-refractivity contribution in [2.75, 3.05) is 33.2 Å². The molecule has 0 aromatic carbocycles. The Morgan fingerprint density at radius 3 is 2.56 bits per heavy atom. The summed E-state index contributed by atoms with van der Waals surface area (Å²) in [4.78, 5) is 20.9. The smallest absolute Gasteiger partial charge is 0.253 e. The van der Waals surface area contributed by atoms with E-state index in [0.29, 0.717) is 11.8 Å². The summed E-state index contributed by atoms with van der Waals surface area (Å²) in [5, 5.41) is 0. The largest absolute Gasteiger partial charge is 0.338 e. The number of carbonyl (C=O) groups excluding carboxylic acids is 1. The van der Waals surface area contributed by atoms with Gasteiger partial charge >= 0.3 is 0 Å². The third-order valence-corrected chi connectivity index (χ3v) is 4.10. The molecule has 0 radical (unpaired) electrons. The van der Waals surface area contributed by atoms with E-state index in [1.807, 2.05) is 24.0 Å². The number of likely N-dealkylation sites (tertiary alicyclic amines) is 2. The first-order valence-corrected chi connectivity index (χ1v) is 6.54. The number of pyridine rings is 1. The quantitative estimate of drug-likeness (QED) is 0.741. The van der Waals surface area contributed by atoms with Gasteiger partial charge in [-0.25, -0.2) is 0 Å². The minimum Gasteiger partial charge on any atom is -0.338 e. The highest BCUT2D eigenvalue weighted by molar-refractivity contribution is 5.94. The Hall–Kier alpha value is -1.42. The number of amides is 1. The van der Waals surface area contributed by atoms with Gasteiger partial charge in [0.1, 0.15) is 0 Å². The van der Waals surface area contributed by atoms with Crippen LogP contribution in [0.15, 0.2) is 18.3 Å². The predicted molar refractivity (Wildman–Crippen MR) is 69.4 cm³/mol. The van der Waals surface area contributed by atoms with Crippen LogP contribution < -0.4 is 0 Å². The van der Waals surface area contributed by atoms with Crippen LogP contribution in [0.25, 0.3) is 0 Å². The van der Waals surface area contributed by atoms with Crippen molar-refractivity contribution in [3.8, 4) is 0 Å². The summed E-state index contributed by atoms with van der Waals surface area (Å²) in [6.45, 7) is 6.00. The number of nitrogens with zero attached hydrogens (tertiary/aromatic N) is 3. The van der Waals surface area contributed by atoms with Crippen molar-refractivity contribution in [3.63, 3.8) is 0 Å². The molecule has 2 saturated heterocycles. The van der Waals surface area contributed by atoms with E-state index in [1.54, 1.807) is 6.20 Å². The first-order valence-electron chi connectivity index (χ1n) is 6.54. The van der Waals surface area contributed by atoms with Crippen molar-refractivity contribution in [2.45, 2.75) is 6.92 Å². The molecule has 3 heterocycles. The van der Waals surface area contributed by atoms with E-state index in [9.17, 15) is 4.79 Å². The minimum absolute atomic E-state index is 0.164. The number of aryl methyl sites for hydroxylation is 1. The molecule has 0 bridgehead atoms. The number of carbonyl (C=O) groups is 1. The first-order chi connectivity index (χ1) is 8.63. The van der Waals surface area contributed by atoms with Crippen LogP contribution in [-0.4, -0.2) is 53.9 Å². The molecule has 1 aromatic rings. The molecule has 1 aromatic heterocycles. The molecule has 4 heteroatoms. The van der Waals surface area contributed by atoms with Crippen LogP contribution in [0.4, 0.5) is 0 Å². The van der Waals surface area contributed by atoms with Crippen LogP contribution >= 0.6 is 0 Å². The fourth-order valence-electron chi connectivity index (χ4n) is 3.25. The van der Waals surface area contributed by atoms with Crippen molar-refractivity contribution in [1.29, 1.82) is 0 Å². The lowest BCUT2D eigenvalue weighted by Crippen LogP contribution is -2.32. The number of rotatable bonds is 1. The Kier molecular flexibility index (Phi) is 2.82. The summed E-state index contributed by atoms with van der Waals surface area (Å²) in [5.74, 6) is 1.50. The molecule has 1 amide bonds. The Morgan fingerprint density at radius 1 is 1.28 bits per heavy atom. The summed E-state index contributed by atoms with van der Waals surface area (Å²) in [5.41, 5.74) is 1.68. The van der Waals surface area contributed by atoms with Crippen LogP contribution in [0.2, 0.25) is 0 Å². The van der Waals surface area contributed by atoms with Gasteiger partial charge in [0.25, 0.3) is 5.91 Å². The monoisotopic (exact) mass is 245 g/mol. The molecule has 4 nitrogen and oxygen atoms in total. The lowest BCUT2D eigenvalue weighted by atomic mass is 10.0. The van der Waals surface area contributed by atoms with E-state index in [1.165, 1.54) is 0 Å². The van der Waals surface area contributed by atoms with Gasteiger partial charge in [-0.15, -0.1) is 0 Å². The van der Waals surface area contributed by atoms with Gasteiger partial charge < -0.3 is 9.80 Å². The van der Waals surface area contributed by atoms with Gasteiger partial charge in [0, 0.05) is 43.6 Å². The fraction of sp³-hybridized carbons (Fsp3) is 0.571. The summed E-state index contributed by atoms with van der Waals surface area (Å²) in [6, 6.07) is 3.69. The number of fused-ring (bicyclic) bond motifs is 1. The maximum atomic E-state index is 12.4. The average Bonchev–Trinajstić information content (AvgIpc) is 2.85. The number of hydrogen-bond acceptors (Lipinski definition) is 3. The van der Waals surface area contributed by atoms with Gasteiger partial charge in [0.15, 0.2) is 0 Å². The SMILES string of the molecule is Cc1cc(C(=O)N2CC3CN(C)CC3C2)ccn1. The maximum Gasteiger partial charge on any atom is 0.253 e. The summed E-state index contributed by atoms with van der Waals surface area (Å²) < 4.78 is 0. The van der Waals surface area contributed by atoms with Crippen LogP contribution in [0.3, 0.4) is 0 Å². The molecule has 2 unspecified atom stereocenters. The van der Waals surface area contributed by atoms with E-state index in [-0.39, 0.29) is 5.91 Å². The third kappa shape index (κ3) is 2.01. The Bertz CT molecular complexity index is 460. The topological polar surface area (TPSA) is 36.4 Å². The number of hydrogen-bond donors (Lipinski definition) is 0. The second-order valence-corrected chi connectivity index (χ2v) is 5.64. The van der Waals surface area contributed by atoms with Gasteiger partial charge in [-0.1, -0.05) is 0 Å². The Labute approximate surface area is 108 Å². The van der Waals surface area contributed by atoms with Crippen LogP contribution in [0.5, 0.6) is 0 Å². The second-order valence-electron chi connectivity index (χ2n) is 5.64. The predicted octanol–water partition coefficient (Wildman–Crippen LogP) is 1.02. The van der Waals surface area contributed by atoms with Crippen LogP contribution in [0.1, 0.15) is 16.1 Å². The van der Waals surface area contributed by atoms with E-state index in [2.05, 4.69) is 16.9 Å². The normalized spacial score (nSPS) is 27.6. The molecule has 3 rings (SSSR count). The lowest BCUT2D eigenvalue weighted by Gasteiger charge is -2.19. The van der Waals surface area contributed by atoms with Crippen molar-refractivity contribution in [2.24, 2.45) is 11.8 Å². The van der Waals surface area contributed by atoms with E-state index in [0.717, 1.165) is 37.4 Å². The first kappa shape index (κ1) is 11.7. The molecule has 96 valence electrons. The molecular formula is C14H19N3O. The molecule has 0 N–H and O–H groups in total. The van der Waals surface area contributed by atoms with E-state index < -0.39 is 0 Å². The molecule has 2 atom stereocenters. The summed E-state index contributed by atoms with van der Waals surface area (Å²) in [6.07, 6.45) is 1.72. The molecule has 18 heavy (non-hydrogen) atoms. The fourth-order valence-corrected chi connectivity index (χ4v) is 3.25. The number of aromatic nitrogens is 1.